The number of benzene rings is 14. The van der Waals surface area contributed by atoms with Crippen LogP contribution >= 0.6 is 0 Å². The molecule has 0 atom stereocenters. The summed E-state index contributed by atoms with van der Waals surface area (Å²) in [6.45, 7) is 0. The molecule has 0 saturated heterocycles. The van der Waals surface area contributed by atoms with Gasteiger partial charge in [0.15, 0.2) is 0 Å². The van der Waals surface area contributed by atoms with E-state index in [0.29, 0.717) is 0 Å². The van der Waals surface area contributed by atoms with Crippen LogP contribution in [0, 0.1) is 0 Å². The van der Waals surface area contributed by atoms with Gasteiger partial charge in [-0.15, -0.1) is 0 Å². The van der Waals surface area contributed by atoms with Gasteiger partial charge in [0.1, 0.15) is 0 Å². The molecule has 80 heavy (non-hydrogen) atoms. The summed E-state index contributed by atoms with van der Waals surface area (Å²) in [5.74, 6) is 0. The van der Waals surface area contributed by atoms with Gasteiger partial charge >= 0.3 is 0 Å². The maximum atomic E-state index is 2.47. The minimum Gasteiger partial charge on any atom is -0.342 e. The molecule has 0 amide bonds. The Morgan fingerprint density at radius 3 is 0.775 bits per heavy atom. The van der Waals surface area contributed by atoms with E-state index in [1.165, 1.54) is 131 Å². The summed E-state index contributed by atoms with van der Waals surface area (Å²) in [6, 6.07) is 103. The van der Waals surface area contributed by atoms with Crippen LogP contribution in [0.5, 0.6) is 0 Å². The second-order valence-corrected chi connectivity index (χ2v) is 21.2. The van der Waals surface area contributed by atoms with E-state index in [-0.39, 0.29) is 0 Å². The van der Waals surface area contributed by atoms with E-state index in [4.69, 9.17) is 0 Å². The molecule has 16 aromatic rings. The van der Waals surface area contributed by atoms with Crippen LogP contribution in [0.1, 0.15) is 0 Å². The van der Waals surface area contributed by atoms with Gasteiger partial charge in [-0.25, -0.2) is 0 Å². The van der Waals surface area contributed by atoms with Crippen LogP contribution in [0.25, 0.3) is 120 Å². The lowest BCUT2D eigenvalue weighted by Gasteiger charge is -2.29. The molecule has 0 bridgehead atoms. The van der Waals surface area contributed by atoms with Gasteiger partial charge in [-0.2, -0.15) is 0 Å². The molecule has 0 fully saturated rings. The average Bonchev–Trinajstić information content (AvgIpc) is 4.03. The van der Waals surface area contributed by atoms with Crippen molar-refractivity contribution in [3.8, 4) is 22.3 Å². The standard InChI is InChI=1S/C76H52N4/c1-77-67-47-49(69-57-35-17-21-39-61(57)73(62-40-22-18-36-58(62)69)79(51-25-7-3-8-26-51)52-27-9-4-10-28-52)43-45-65(67)71-55-33-15-16-34-56(55)72-66-46-44-50(48-68(66)78(2)76(72)75(71)77)70-59-37-19-23-41-63(59)74(64-42-24-20-38-60(64)70)80(53-29-11-5-12-30-53)54-31-13-6-14-32-54/h3-48H,1-2H3. The molecule has 0 N–H and O–H groups in total. The monoisotopic (exact) mass is 1020 g/mol. The van der Waals surface area contributed by atoms with E-state index in [9.17, 15) is 0 Å². The topological polar surface area (TPSA) is 16.3 Å². The highest BCUT2D eigenvalue weighted by atomic mass is 15.2. The van der Waals surface area contributed by atoms with Crippen molar-refractivity contribution in [1.29, 1.82) is 0 Å². The van der Waals surface area contributed by atoms with Crippen molar-refractivity contribution in [2.45, 2.75) is 0 Å². The van der Waals surface area contributed by atoms with Crippen LogP contribution in [0.4, 0.5) is 34.1 Å². The SMILES string of the molecule is Cn1c2cc(-c3c4ccccc4c(N(c4ccccc4)c4ccccc4)c4ccccc34)ccc2c2c3ccccc3c3c4ccc(-c5c6ccccc6c(N(c6ccccc6)c6ccccc6)c6ccccc56)cc4n(C)c3c21. The zero-order valence-corrected chi connectivity index (χ0v) is 44.3. The molecule has 0 unspecified atom stereocenters. The third-order valence-electron chi connectivity index (χ3n) is 17.0. The number of para-hydroxylation sites is 4. The zero-order valence-electron chi connectivity index (χ0n) is 44.3. The fourth-order valence-electron chi connectivity index (χ4n) is 13.6. The Hall–Kier alpha value is -10.4. The lowest BCUT2D eigenvalue weighted by atomic mass is 9.89. The molecule has 0 aliphatic rings. The van der Waals surface area contributed by atoms with Gasteiger partial charge in [-0.05, 0) is 115 Å². The van der Waals surface area contributed by atoms with Crippen molar-refractivity contribution < 1.29 is 0 Å². The Morgan fingerprint density at radius 1 is 0.237 bits per heavy atom. The van der Waals surface area contributed by atoms with Gasteiger partial charge in [0.05, 0.1) is 22.4 Å². The lowest BCUT2D eigenvalue weighted by molar-refractivity contribution is 0.987. The van der Waals surface area contributed by atoms with Crippen LogP contribution in [-0.4, -0.2) is 9.13 Å². The summed E-state index contributed by atoms with van der Waals surface area (Å²) in [5.41, 5.74) is 16.5. The van der Waals surface area contributed by atoms with E-state index < -0.39 is 0 Å². The van der Waals surface area contributed by atoms with Gasteiger partial charge in [-0.1, -0.05) is 218 Å². The molecule has 4 heteroatoms. The van der Waals surface area contributed by atoms with Crippen LogP contribution in [0.15, 0.2) is 279 Å². The first-order valence-corrected chi connectivity index (χ1v) is 27.6. The number of fused-ring (bicyclic) bond motifs is 14. The van der Waals surface area contributed by atoms with E-state index in [0.717, 1.165) is 22.7 Å². The number of aromatic nitrogens is 2. The Bertz CT molecular complexity index is 4620. The van der Waals surface area contributed by atoms with Gasteiger partial charge < -0.3 is 18.9 Å². The molecule has 0 spiro atoms. The highest BCUT2D eigenvalue weighted by molar-refractivity contribution is 6.36. The van der Waals surface area contributed by atoms with Gasteiger partial charge in [-0.3, -0.25) is 0 Å². The second kappa shape index (κ2) is 18.1. The molecule has 16 rings (SSSR count). The Balaban J connectivity index is 0.924. The molecule has 2 heterocycles. The Labute approximate surface area is 463 Å². The molecular formula is C76H52N4. The first kappa shape index (κ1) is 45.7. The van der Waals surface area contributed by atoms with Crippen LogP contribution in [-0.2, 0) is 14.1 Å². The Kier molecular flexibility index (Phi) is 10.3. The van der Waals surface area contributed by atoms with Gasteiger partial charge in [0, 0.05) is 91.0 Å². The first-order chi connectivity index (χ1) is 39.6. The predicted molar refractivity (Wildman–Crippen MR) is 342 cm³/mol. The zero-order chi connectivity index (χ0) is 53.0. The van der Waals surface area contributed by atoms with Crippen molar-refractivity contribution >= 4 is 132 Å². The Morgan fingerprint density at radius 2 is 0.487 bits per heavy atom. The van der Waals surface area contributed by atoms with Crippen LogP contribution < -0.4 is 9.80 Å². The third-order valence-corrected chi connectivity index (χ3v) is 17.0. The van der Waals surface area contributed by atoms with Gasteiger partial charge in [0.25, 0.3) is 0 Å². The first-order valence-electron chi connectivity index (χ1n) is 27.6. The molecule has 0 aliphatic heterocycles. The number of nitrogens with zero attached hydrogens (tertiary/aromatic N) is 4. The largest absolute Gasteiger partial charge is 0.342 e. The predicted octanol–water partition coefficient (Wildman–Crippen LogP) is 21.0. The number of hydrogen-bond acceptors (Lipinski definition) is 2. The summed E-state index contributed by atoms with van der Waals surface area (Å²) in [5, 5.41) is 17.3. The van der Waals surface area contributed by atoms with Crippen molar-refractivity contribution in [2.75, 3.05) is 9.80 Å². The van der Waals surface area contributed by atoms with E-state index >= 15 is 0 Å². The van der Waals surface area contributed by atoms with E-state index in [2.05, 4.69) is 312 Å². The van der Waals surface area contributed by atoms with Crippen LogP contribution in [0.3, 0.4) is 0 Å². The maximum Gasteiger partial charge on any atom is 0.0742 e. The quantitative estimate of drug-likeness (QED) is 0.141. The summed E-state index contributed by atoms with van der Waals surface area (Å²) in [7, 11) is 4.55. The lowest BCUT2D eigenvalue weighted by Crippen LogP contribution is -2.11. The van der Waals surface area contributed by atoms with Gasteiger partial charge in [0.2, 0.25) is 0 Å². The summed E-state index contributed by atoms with van der Waals surface area (Å²) < 4.78 is 4.94. The molecule has 376 valence electrons. The van der Waals surface area contributed by atoms with Crippen molar-refractivity contribution in [1.82, 2.24) is 9.13 Å². The number of hydrogen-bond donors (Lipinski definition) is 0. The highest BCUT2D eigenvalue weighted by Gasteiger charge is 2.27. The van der Waals surface area contributed by atoms with Crippen molar-refractivity contribution in [3.05, 3.63) is 279 Å². The minimum absolute atomic E-state index is 1.12. The fraction of sp³-hybridized carbons (Fsp3) is 0.0263. The number of aryl methyl sites for hydroxylation is 2. The minimum atomic E-state index is 1.12. The summed E-state index contributed by atoms with van der Waals surface area (Å²) >= 11 is 0. The smallest absolute Gasteiger partial charge is 0.0742 e. The van der Waals surface area contributed by atoms with E-state index in [1.807, 2.05) is 0 Å². The van der Waals surface area contributed by atoms with E-state index in [1.54, 1.807) is 0 Å². The number of anilines is 6. The maximum absolute atomic E-state index is 2.47. The fourth-order valence-corrected chi connectivity index (χ4v) is 13.6. The second-order valence-electron chi connectivity index (χ2n) is 21.2. The molecule has 14 aromatic carbocycles. The van der Waals surface area contributed by atoms with Crippen molar-refractivity contribution in [2.24, 2.45) is 14.1 Å². The summed E-state index contributed by atoms with van der Waals surface area (Å²) in [6.07, 6.45) is 0. The highest BCUT2D eigenvalue weighted by Crippen LogP contribution is 2.52. The number of rotatable bonds is 8. The molecule has 0 saturated carbocycles. The average molecular weight is 1020 g/mol. The third kappa shape index (κ3) is 6.76. The van der Waals surface area contributed by atoms with Crippen molar-refractivity contribution in [3.63, 3.8) is 0 Å². The molecular weight excluding hydrogens is 969 g/mol. The summed E-state index contributed by atoms with van der Waals surface area (Å²) in [4.78, 5) is 4.86. The molecule has 0 aliphatic carbocycles. The normalized spacial score (nSPS) is 11.9. The molecule has 0 radical (unpaired) electrons. The molecule has 2 aromatic heterocycles. The van der Waals surface area contributed by atoms with Crippen LogP contribution in [0.2, 0.25) is 0 Å². The molecule has 4 nitrogen and oxygen atoms in total.